The first-order chi connectivity index (χ1) is 14.5. The maximum absolute atomic E-state index is 13.5. The molecule has 2 aromatic carbocycles. The molecule has 0 bridgehead atoms. The summed E-state index contributed by atoms with van der Waals surface area (Å²) in [6.07, 6.45) is 1.29. The Bertz CT molecular complexity index is 1320. The lowest BCUT2D eigenvalue weighted by atomic mass is 10.2. The fourth-order valence-corrected chi connectivity index (χ4v) is 3.00. The Morgan fingerprint density at radius 3 is 2.80 bits per heavy atom. The van der Waals surface area contributed by atoms with E-state index in [1.165, 1.54) is 17.0 Å². The molecule has 1 N–H and O–H groups in total. The molecule has 0 aliphatic rings. The van der Waals surface area contributed by atoms with Crippen molar-refractivity contribution in [3.05, 3.63) is 58.8 Å². The Labute approximate surface area is 172 Å². The van der Waals surface area contributed by atoms with Gasteiger partial charge in [0.05, 0.1) is 17.6 Å². The number of aromatic nitrogens is 3. The van der Waals surface area contributed by atoms with Gasteiger partial charge in [-0.3, -0.25) is 9.36 Å². The normalized spacial score (nSPS) is 11.2. The molecular weight excluding hydrogens is 422 g/mol. The molecule has 2 aromatic heterocycles. The van der Waals surface area contributed by atoms with Gasteiger partial charge in [0.15, 0.2) is 17.2 Å². The Morgan fingerprint density at radius 1 is 1.20 bits per heavy atom. The zero-order chi connectivity index (χ0) is 21.3. The van der Waals surface area contributed by atoms with Gasteiger partial charge in [-0.2, -0.15) is 0 Å². The minimum absolute atomic E-state index is 0.0552. The van der Waals surface area contributed by atoms with Crippen molar-refractivity contribution in [3.63, 3.8) is 0 Å². The van der Waals surface area contributed by atoms with Crippen LogP contribution in [0.1, 0.15) is 0 Å². The molecule has 0 aliphatic heterocycles. The van der Waals surface area contributed by atoms with Crippen molar-refractivity contribution in [2.45, 2.75) is 6.54 Å². The van der Waals surface area contributed by atoms with E-state index in [4.69, 9.17) is 20.8 Å². The summed E-state index contributed by atoms with van der Waals surface area (Å²) in [6.45, 7) is -0.0109. The highest BCUT2D eigenvalue weighted by Crippen LogP contribution is 2.27. The van der Waals surface area contributed by atoms with E-state index in [0.29, 0.717) is 22.2 Å². The molecule has 11 heteroatoms. The zero-order valence-electron chi connectivity index (χ0n) is 15.2. The summed E-state index contributed by atoms with van der Waals surface area (Å²) in [6, 6.07) is 6.55. The third-order valence-corrected chi connectivity index (χ3v) is 4.51. The Morgan fingerprint density at radius 2 is 2.03 bits per heavy atom. The molecule has 0 amide bonds. The largest absolute Gasteiger partial charge is 0.463 e. The molecule has 4 rings (SSSR count). The van der Waals surface area contributed by atoms with E-state index in [2.05, 4.69) is 15.3 Å². The third kappa shape index (κ3) is 3.81. The van der Waals surface area contributed by atoms with Crippen molar-refractivity contribution >= 4 is 51.1 Å². The molecule has 0 radical (unpaired) electrons. The first-order valence-corrected chi connectivity index (χ1v) is 9.21. The SMILES string of the molecule is O=C(CCl)OCCn1c(=O)oc2cc3ncnc(Nc4ccc(F)c(F)c4)c3cc21. The number of esters is 1. The Balaban J connectivity index is 1.73. The fraction of sp³-hybridized carbons (Fsp3) is 0.158. The number of fused-ring (bicyclic) bond motifs is 2. The first kappa shape index (κ1) is 19.8. The number of hydrogen-bond donors (Lipinski definition) is 1. The van der Waals surface area contributed by atoms with E-state index in [1.54, 1.807) is 12.1 Å². The quantitative estimate of drug-likeness (QED) is 0.367. The van der Waals surface area contributed by atoms with E-state index in [-0.39, 0.29) is 30.3 Å². The van der Waals surface area contributed by atoms with Crippen molar-refractivity contribution in [1.29, 1.82) is 0 Å². The molecule has 0 unspecified atom stereocenters. The van der Waals surface area contributed by atoms with Crippen LogP contribution in [0.15, 0.2) is 45.9 Å². The van der Waals surface area contributed by atoms with Gasteiger partial charge < -0.3 is 14.5 Å². The van der Waals surface area contributed by atoms with Gasteiger partial charge in [-0.1, -0.05) is 0 Å². The molecule has 0 atom stereocenters. The van der Waals surface area contributed by atoms with E-state index in [1.807, 2.05) is 0 Å². The van der Waals surface area contributed by atoms with Gasteiger partial charge in [0.2, 0.25) is 0 Å². The molecule has 0 fully saturated rings. The number of hydrogen-bond acceptors (Lipinski definition) is 7. The van der Waals surface area contributed by atoms with E-state index >= 15 is 0 Å². The molecule has 0 saturated carbocycles. The van der Waals surface area contributed by atoms with Crippen LogP contribution in [0.4, 0.5) is 20.3 Å². The summed E-state index contributed by atoms with van der Waals surface area (Å²) in [5.41, 5.74) is 1.47. The predicted molar refractivity (Wildman–Crippen MR) is 105 cm³/mol. The van der Waals surface area contributed by atoms with Crippen LogP contribution in [0, 0.1) is 11.6 Å². The van der Waals surface area contributed by atoms with Crippen LogP contribution in [-0.4, -0.2) is 33.0 Å². The van der Waals surface area contributed by atoms with Crippen LogP contribution in [0.5, 0.6) is 0 Å². The van der Waals surface area contributed by atoms with Crippen molar-refractivity contribution in [3.8, 4) is 0 Å². The number of carbonyl (C=O) groups is 1. The maximum atomic E-state index is 13.5. The van der Waals surface area contributed by atoms with Gasteiger partial charge in [0, 0.05) is 23.2 Å². The van der Waals surface area contributed by atoms with Gasteiger partial charge in [0.25, 0.3) is 0 Å². The maximum Gasteiger partial charge on any atom is 0.420 e. The molecule has 0 aliphatic carbocycles. The molecule has 2 heterocycles. The lowest BCUT2D eigenvalue weighted by Crippen LogP contribution is -2.19. The summed E-state index contributed by atoms with van der Waals surface area (Å²) in [7, 11) is 0. The summed E-state index contributed by atoms with van der Waals surface area (Å²) in [5.74, 6) is -3.17. The van der Waals surface area contributed by atoms with Gasteiger partial charge in [0.1, 0.15) is 24.6 Å². The second-order valence-corrected chi connectivity index (χ2v) is 6.45. The number of anilines is 2. The van der Waals surface area contributed by atoms with E-state index in [9.17, 15) is 18.4 Å². The van der Waals surface area contributed by atoms with Crippen LogP contribution < -0.4 is 11.1 Å². The monoisotopic (exact) mass is 434 g/mol. The van der Waals surface area contributed by atoms with Crippen molar-refractivity contribution in [2.24, 2.45) is 0 Å². The van der Waals surface area contributed by atoms with E-state index in [0.717, 1.165) is 12.1 Å². The van der Waals surface area contributed by atoms with Gasteiger partial charge in [-0.15, -0.1) is 11.6 Å². The lowest BCUT2D eigenvalue weighted by molar-refractivity contribution is -0.140. The van der Waals surface area contributed by atoms with Crippen molar-refractivity contribution < 1.29 is 22.7 Å². The minimum Gasteiger partial charge on any atom is -0.463 e. The number of carbonyl (C=O) groups excluding carboxylic acids is 1. The molecule has 0 spiro atoms. The number of halogens is 3. The number of rotatable bonds is 6. The number of alkyl halides is 1. The second-order valence-electron chi connectivity index (χ2n) is 6.19. The Kier molecular flexibility index (Phi) is 5.32. The number of oxazole rings is 1. The minimum atomic E-state index is -1.00. The molecule has 0 saturated heterocycles. The molecule has 154 valence electrons. The van der Waals surface area contributed by atoms with Gasteiger partial charge in [-0.25, -0.2) is 23.5 Å². The summed E-state index contributed by atoms with van der Waals surface area (Å²) < 4.78 is 38.1. The smallest absolute Gasteiger partial charge is 0.420 e. The first-order valence-electron chi connectivity index (χ1n) is 8.68. The molecule has 4 aromatic rings. The standard InChI is InChI=1S/C19H13ClF2N4O4/c20-8-17(27)29-4-3-26-15-6-11-14(7-16(15)30-19(26)28)23-9-24-18(11)25-10-1-2-12(21)13(22)5-10/h1-2,5-7,9H,3-4,8H2,(H,23,24,25). The summed E-state index contributed by atoms with van der Waals surface area (Å²) in [4.78, 5) is 31.7. The lowest BCUT2D eigenvalue weighted by Gasteiger charge is -2.09. The van der Waals surface area contributed by atoms with Crippen LogP contribution in [-0.2, 0) is 16.1 Å². The Hall–Kier alpha value is -3.53. The predicted octanol–water partition coefficient (Wildman–Crippen LogP) is 3.34. The highest BCUT2D eigenvalue weighted by molar-refractivity contribution is 6.26. The molecule has 8 nitrogen and oxygen atoms in total. The van der Waals surface area contributed by atoms with Crippen LogP contribution in [0.25, 0.3) is 22.0 Å². The summed E-state index contributed by atoms with van der Waals surface area (Å²) >= 11 is 5.38. The van der Waals surface area contributed by atoms with Gasteiger partial charge in [-0.05, 0) is 18.2 Å². The van der Waals surface area contributed by atoms with Crippen molar-refractivity contribution in [1.82, 2.24) is 14.5 Å². The number of ether oxygens (including phenoxy) is 1. The van der Waals surface area contributed by atoms with Crippen LogP contribution >= 0.6 is 11.6 Å². The number of nitrogens with one attached hydrogen (secondary N) is 1. The molecule has 30 heavy (non-hydrogen) atoms. The number of benzene rings is 2. The van der Waals surface area contributed by atoms with Crippen LogP contribution in [0.2, 0.25) is 0 Å². The van der Waals surface area contributed by atoms with Crippen LogP contribution in [0.3, 0.4) is 0 Å². The number of nitrogens with zero attached hydrogens (tertiary/aromatic N) is 3. The molecular formula is C19H13ClF2N4O4. The van der Waals surface area contributed by atoms with Crippen molar-refractivity contribution in [2.75, 3.05) is 17.8 Å². The average Bonchev–Trinajstić information content (AvgIpc) is 3.03. The topological polar surface area (TPSA) is 99.2 Å². The second kappa shape index (κ2) is 8.07. The summed E-state index contributed by atoms with van der Waals surface area (Å²) in [5, 5.41) is 3.43. The van der Waals surface area contributed by atoms with E-state index < -0.39 is 23.4 Å². The fourth-order valence-electron chi connectivity index (χ4n) is 2.92. The van der Waals surface area contributed by atoms with Gasteiger partial charge >= 0.3 is 11.7 Å². The third-order valence-electron chi connectivity index (χ3n) is 4.29. The zero-order valence-corrected chi connectivity index (χ0v) is 15.9. The highest BCUT2D eigenvalue weighted by atomic mass is 35.5. The average molecular weight is 435 g/mol. The highest BCUT2D eigenvalue weighted by Gasteiger charge is 2.14.